The number of hydrogen-bond acceptors (Lipinski definition) is 2. The van der Waals surface area contributed by atoms with Gasteiger partial charge in [0.05, 0.1) is 22.7 Å². The van der Waals surface area contributed by atoms with Gasteiger partial charge in [-0.25, -0.2) is 0 Å². The minimum absolute atomic E-state index is 0.543. The minimum Gasteiger partial charge on any atom is -0.256 e. The molecular weight excluding hydrogens is 593 g/mol. The van der Waals surface area contributed by atoms with Crippen LogP contribution in [0.4, 0.5) is 0 Å². The zero-order valence-electron chi connectivity index (χ0n) is 26.7. The van der Waals surface area contributed by atoms with E-state index >= 15 is 0 Å². The molecule has 0 atom stereocenters. The summed E-state index contributed by atoms with van der Waals surface area (Å²) in [6, 6.07) is 65.4. The van der Waals surface area contributed by atoms with Gasteiger partial charge in [0.1, 0.15) is 0 Å². The Labute approximate surface area is 286 Å². The molecule has 1 aliphatic rings. The lowest BCUT2D eigenvalue weighted by atomic mass is 9.67. The van der Waals surface area contributed by atoms with E-state index < -0.39 is 5.41 Å². The van der Waals surface area contributed by atoms with Crippen LogP contribution in [-0.2, 0) is 5.41 Å². The van der Waals surface area contributed by atoms with Gasteiger partial charge >= 0.3 is 0 Å². The second-order valence-corrected chi connectivity index (χ2v) is 12.6. The third kappa shape index (κ3) is 4.52. The number of pyridine rings is 1. The standard InChI is InChI=1S/C47H30N2/c48-31-32-26-27-49-45(28-32)35-22-20-33(21-23-35)36-24-25-41-43(29-36)47(37-14-6-2-7-15-37,38-16-8-3-9-17-38)44-30-42(34-12-4-1-5-13-34)39-18-10-11-19-40(39)46(41)44/h1-30H. The Morgan fingerprint density at radius 2 is 1.04 bits per heavy atom. The van der Waals surface area contributed by atoms with Crippen LogP contribution >= 0.6 is 0 Å². The highest BCUT2D eigenvalue weighted by atomic mass is 14.7. The molecule has 0 N–H and O–H groups in total. The molecule has 2 nitrogen and oxygen atoms in total. The Hall–Kier alpha value is -6.56. The second-order valence-electron chi connectivity index (χ2n) is 12.6. The van der Waals surface area contributed by atoms with Crippen LogP contribution in [0.3, 0.4) is 0 Å². The van der Waals surface area contributed by atoms with Gasteiger partial charge in [-0.15, -0.1) is 0 Å². The number of hydrogen-bond donors (Lipinski definition) is 0. The van der Waals surface area contributed by atoms with Crippen molar-refractivity contribution in [1.82, 2.24) is 4.98 Å². The molecule has 0 bridgehead atoms. The van der Waals surface area contributed by atoms with Crippen LogP contribution in [0.25, 0.3) is 55.4 Å². The van der Waals surface area contributed by atoms with E-state index in [-0.39, 0.29) is 0 Å². The molecule has 7 aromatic carbocycles. The number of nitriles is 1. The first-order valence-electron chi connectivity index (χ1n) is 16.6. The Morgan fingerprint density at radius 3 is 1.71 bits per heavy atom. The van der Waals surface area contributed by atoms with E-state index in [4.69, 9.17) is 0 Å². The predicted molar refractivity (Wildman–Crippen MR) is 200 cm³/mol. The smallest absolute Gasteiger partial charge is 0.0992 e. The molecular formula is C47H30N2. The highest BCUT2D eigenvalue weighted by Gasteiger charge is 2.47. The normalized spacial score (nSPS) is 12.6. The fourth-order valence-electron chi connectivity index (χ4n) is 7.87. The average molecular weight is 623 g/mol. The Kier molecular flexibility index (Phi) is 6.78. The maximum Gasteiger partial charge on any atom is 0.0992 e. The van der Waals surface area contributed by atoms with Gasteiger partial charge < -0.3 is 0 Å². The molecule has 1 heterocycles. The molecule has 0 aliphatic heterocycles. The van der Waals surface area contributed by atoms with Crippen molar-refractivity contribution in [3.63, 3.8) is 0 Å². The average Bonchev–Trinajstić information content (AvgIpc) is 3.49. The van der Waals surface area contributed by atoms with Crippen molar-refractivity contribution >= 4 is 10.8 Å². The summed E-state index contributed by atoms with van der Waals surface area (Å²) in [6.45, 7) is 0. The van der Waals surface area contributed by atoms with E-state index in [2.05, 4.69) is 175 Å². The van der Waals surface area contributed by atoms with Crippen molar-refractivity contribution < 1.29 is 0 Å². The predicted octanol–water partition coefficient (Wildman–Crippen LogP) is 11.5. The van der Waals surface area contributed by atoms with Gasteiger partial charge in [0.15, 0.2) is 0 Å². The molecule has 0 radical (unpaired) electrons. The van der Waals surface area contributed by atoms with Gasteiger partial charge in [0.2, 0.25) is 0 Å². The van der Waals surface area contributed by atoms with Gasteiger partial charge in [0, 0.05) is 11.8 Å². The van der Waals surface area contributed by atoms with Crippen molar-refractivity contribution in [1.29, 1.82) is 5.26 Å². The third-order valence-corrected chi connectivity index (χ3v) is 10.0. The van der Waals surface area contributed by atoms with Gasteiger partial charge in [0.25, 0.3) is 0 Å². The molecule has 49 heavy (non-hydrogen) atoms. The molecule has 0 unspecified atom stereocenters. The summed E-state index contributed by atoms with van der Waals surface area (Å²) >= 11 is 0. The van der Waals surface area contributed by atoms with Crippen molar-refractivity contribution in [2.75, 3.05) is 0 Å². The monoisotopic (exact) mass is 622 g/mol. The maximum atomic E-state index is 9.40. The van der Waals surface area contributed by atoms with Crippen LogP contribution in [0.5, 0.6) is 0 Å². The number of nitrogens with zero attached hydrogens (tertiary/aromatic N) is 2. The molecule has 0 spiro atoms. The van der Waals surface area contributed by atoms with Crippen LogP contribution in [0.1, 0.15) is 27.8 Å². The van der Waals surface area contributed by atoms with E-state index in [1.54, 1.807) is 12.3 Å². The van der Waals surface area contributed by atoms with Gasteiger partial charge in [-0.05, 0) is 90.7 Å². The molecule has 0 saturated carbocycles. The molecule has 2 heteroatoms. The Bertz CT molecular complexity index is 2490. The van der Waals surface area contributed by atoms with Crippen LogP contribution in [0, 0.1) is 11.3 Å². The van der Waals surface area contributed by atoms with Gasteiger partial charge in [-0.1, -0.05) is 152 Å². The fraction of sp³-hybridized carbons (Fsp3) is 0.0213. The molecule has 228 valence electrons. The molecule has 9 rings (SSSR count). The van der Waals surface area contributed by atoms with Crippen molar-refractivity contribution in [2.24, 2.45) is 0 Å². The lowest BCUT2D eigenvalue weighted by molar-refractivity contribution is 0.769. The molecule has 0 fully saturated rings. The summed E-state index contributed by atoms with van der Waals surface area (Å²) < 4.78 is 0. The summed E-state index contributed by atoms with van der Waals surface area (Å²) in [5, 5.41) is 11.9. The van der Waals surface area contributed by atoms with Crippen molar-refractivity contribution in [3.05, 3.63) is 210 Å². The van der Waals surface area contributed by atoms with E-state index in [9.17, 15) is 5.26 Å². The van der Waals surface area contributed by atoms with Crippen LogP contribution < -0.4 is 0 Å². The van der Waals surface area contributed by atoms with E-state index in [1.807, 2.05) is 6.07 Å². The molecule has 0 amide bonds. The summed E-state index contributed by atoms with van der Waals surface area (Å²) in [6.07, 6.45) is 1.69. The largest absolute Gasteiger partial charge is 0.256 e. The van der Waals surface area contributed by atoms with Crippen LogP contribution in [0.2, 0.25) is 0 Å². The van der Waals surface area contributed by atoms with Gasteiger partial charge in [-0.3, -0.25) is 4.98 Å². The number of fused-ring (bicyclic) bond motifs is 5. The molecule has 0 saturated heterocycles. The highest BCUT2D eigenvalue weighted by Crippen LogP contribution is 2.59. The van der Waals surface area contributed by atoms with E-state index in [0.717, 1.165) is 22.4 Å². The van der Waals surface area contributed by atoms with Crippen molar-refractivity contribution in [3.8, 4) is 50.7 Å². The number of rotatable bonds is 5. The maximum absolute atomic E-state index is 9.40. The number of aromatic nitrogens is 1. The number of benzene rings is 7. The summed E-state index contributed by atoms with van der Waals surface area (Å²) in [5.74, 6) is 0. The Balaban J connectivity index is 1.33. The molecule has 1 aliphatic carbocycles. The minimum atomic E-state index is -0.543. The zero-order chi connectivity index (χ0) is 32.8. The summed E-state index contributed by atoms with van der Waals surface area (Å²) in [7, 11) is 0. The van der Waals surface area contributed by atoms with Gasteiger partial charge in [-0.2, -0.15) is 5.26 Å². The highest BCUT2D eigenvalue weighted by molar-refractivity contribution is 6.10. The summed E-state index contributed by atoms with van der Waals surface area (Å²) in [5.41, 5.74) is 14.2. The topological polar surface area (TPSA) is 36.7 Å². The zero-order valence-corrected chi connectivity index (χ0v) is 26.7. The quantitative estimate of drug-likeness (QED) is 0.191. The summed E-state index contributed by atoms with van der Waals surface area (Å²) in [4.78, 5) is 4.52. The molecule has 1 aromatic heterocycles. The van der Waals surface area contributed by atoms with E-state index in [0.29, 0.717) is 5.56 Å². The van der Waals surface area contributed by atoms with Crippen molar-refractivity contribution in [2.45, 2.75) is 5.41 Å². The Morgan fingerprint density at radius 1 is 0.449 bits per heavy atom. The first kappa shape index (κ1) is 28.6. The fourth-order valence-corrected chi connectivity index (χ4v) is 7.87. The van der Waals surface area contributed by atoms with E-state index in [1.165, 1.54) is 55.3 Å². The van der Waals surface area contributed by atoms with Crippen LogP contribution in [0.15, 0.2) is 182 Å². The van der Waals surface area contributed by atoms with Crippen LogP contribution in [-0.4, -0.2) is 4.98 Å². The SMILES string of the molecule is N#Cc1ccnc(-c2ccc(-c3ccc4c(c3)C(c3ccccc3)(c3ccccc3)c3cc(-c5ccccc5)c5ccccc5c3-4)cc2)c1. The lowest BCUT2D eigenvalue weighted by Gasteiger charge is -2.34. The molecule has 8 aromatic rings. The first-order valence-corrected chi connectivity index (χ1v) is 16.6. The third-order valence-electron chi connectivity index (χ3n) is 10.0. The second kappa shape index (κ2) is 11.6. The lowest BCUT2D eigenvalue weighted by Crippen LogP contribution is -2.28. The first-order chi connectivity index (χ1) is 24.3.